The predicted octanol–water partition coefficient (Wildman–Crippen LogP) is 6.08. The minimum Gasteiger partial charge on any atom is -0.315 e. The van der Waals surface area contributed by atoms with Gasteiger partial charge in [-0.2, -0.15) is 0 Å². The second-order valence-electron chi connectivity index (χ2n) is 6.16. The van der Waals surface area contributed by atoms with Gasteiger partial charge in [-0.05, 0) is 21.5 Å². The molecule has 0 aromatic rings. The average molecular weight is 396 g/mol. The van der Waals surface area contributed by atoms with Crippen LogP contribution in [0.1, 0.15) is 96.8 Å². The molecule has 9 nitrogen and oxygen atoms in total. The van der Waals surface area contributed by atoms with Crippen LogP contribution < -0.4 is 0 Å². The van der Waals surface area contributed by atoms with Gasteiger partial charge in [0, 0.05) is 20.2 Å². The van der Waals surface area contributed by atoms with Gasteiger partial charge in [-0.25, -0.2) is 4.89 Å². The summed E-state index contributed by atoms with van der Waals surface area (Å²) in [4.78, 5) is 8.75. The van der Waals surface area contributed by atoms with E-state index in [-0.39, 0.29) is 0 Å². The van der Waals surface area contributed by atoms with Crippen molar-refractivity contribution in [2.75, 3.05) is 6.61 Å². The van der Waals surface area contributed by atoms with E-state index in [1.54, 1.807) is 0 Å². The maximum atomic E-state index is 4.69. The standard InChI is InChI=1S/C18H36O9/c1-3-5-6-7-8-9-10-11-12-13-14-15-16-17-18-20-22-24-26-27-25-23-21-19-4-2/h4H,2-3,5-18H2,1H3. The summed E-state index contributed by atoms with van der Waals surface area (Å²) in [6.07, 6.45) is 19.1. The molecule has 0 unspecified atom stereocenters. The number of rotatable bonds is 24. The predicted molar refractivity (Wildman–Crippen MR) is 95.1 cm³/mol. The fourth-order valence-corrected chi connectivity index (χ4v) is 2.51. The van der Waals surface area contributed by atoms with Crippen molar-refractivity contribution in [1.82, 2.24) is 0 Å². The molecule has 0 heterocycles. The van der Waals surface area contributed by atoms with E-state index in [0.717, 1.165) is 19.1 Å². The first kappa shape index (κ1) is 26.2. The van der Waals surface area contributed by atoms with E-state index in [0.29, 0.717) is 6.61 Å². The van der Waals surface area contributed by atoms with Crippen molar-refractivity contribution in [3.63, 3.8) is 0 Å². The monoisotopic (exact) mass is 396 g/mol. The molecule has 0 aromatic heterocycles. The van der Waals surface area contributed by atoms with Crippen molar-refractivity contribution < 1.29 is 45.0 Å². The third kappa shape index (κ3) is 25.2. The van der Waals surface area contributed by atoms with Crippen molar-refractivity contribution in [1.29, 1.82) is 0 Å². The Morgan fingerprint density at radius 3 is 1.41 bits per heavy atom. The van der Waals surface area contributed by atoms with Gasteiger partial charge in [0.1, 0.15) is 6.26 Å². The van der Waals surface area contributed by atoms with Gasteiger partial charge in [-0.15, -0.1) is 0 Å². The van der Waals surface area contributed by atoms with Crippen molar-refractivity contribution in [2.24, 2.45) is 0 Å². The minimum atomic E-state index is 0.384. The second kappa shape index (κ2) is 25.2. The third-order valence-corrected chi connectivity index (χ3v) is 3.90. The second-order valence-corrected chi connectivity index (χ2v) is 6.16. The molecule has 162 valence electrons. The van der Waals surface area contributed by atoms with Gasteiger partial charge in [0.15, 0.2) is 0 Å². The largest absolute Gasteiger partial charge is 0.315 e. The molecule has 0 radical (unpaired) electrons. The molecule has 0 atom stereocenters. The van der Waals surface area contributed by atoms with Crippen LogP contribution in [0.25, 0.3) is 0 Å². The molecule has 9 heteroatoms. The van der Waals surface area contributed by atoms with Gasteiger partial charge < -0.3 is 4.89 Å². The molecule has 0 spiro atoms. The fourth-order valence-electron chi connectivity index (χ4n) is 2.51. The van der Waals surface area contributed by atoms with Crippen LogP contribution in [0.4, 0.5) is 0 Å². The highest BCUT2D eigenvalue weighted by Gasteiger charge is 1.97. The Labute approximate surface area is 162 Å². The lowest BCUT2D eigenvalue weighted by Gasteiger charge is -2.03. The highest BCUT2D eigenvalue weighted by Crippen LogP contribution is 2.12. The van der Waals surface area contributed by atoms with E-state index >= 15 is 0 Å². The van der Waals surface area contributed by atoms with E-state index in [9.17, 15) is 0 Å². The van der Waals surface area contributed by atoms with Gasteiger partial charge in [0.2, 0.25) is 0 Å². The van der Waals surface area contributed by atoms with Crippen LogP contribution in [0.2, 0.25) is 0 Å². The van der Waals surface area contributed by atoms with Crippen LogP contribution in [0, 0.1) is 0 Å². The quantitative estimate of drug-likeness (QED) is 0.0833. The summed E-state index contributed by atoms with van der Waals surface area (Å²) in [6.45, 7) is 5.81. The molecule has 0 saturated carbocycles. The van der Waals surface area contributed by atoms with Gasteiger partial charge >= 0.3 is 0 Å². The van der Waals surface area contributed by atoms with E-state index < -0.39 is 0 Å². The van der Waals surface area contributed by atoms with Crippen LogP contribution in [0.15, 0.2) is 12.8 Å². The van der Waals surface area contributed by atoms with E-state index in [2.05, 4.69) is 53.7 Å². The lowest BCUT2D eigenvalue weighted by atomic mass is 10.0. The van der Waals surface area contributed by atoms with Gasteiger partial charge in [-0.1, -0.05) is 97.0 Å². The Morgan fingerprint density at radius 1 is 0.519 bits per heavy atom. The molecule has 0 fully saturated rings. The molecule has 0 N–H and O–H groups in total. The Morgan fingerprint density at radius 2 is 0.926 bits per heavy atom. The molecule has 0 rings (SSSR count). The van der Waals surface area contributed by atoms with Crippen LogP contribution in [-0.2, 0) is 45.0 Å². The van der Waals surface area contributed by atoms with Crippen molar-refractivity contribution in [2.45, 2.75) is 96.8 Å². The summed E-state index contributed by atoms with van der Waals surface area (Å²) >= 11 is 0. The van der Waals surface area contributed by atoms with E-state index in [1.165, 1.54) is 77.0 Å². The van der Waals surface area contributed by atoms with Gasteiger partial charge in [0.25, 0.3) is 0 Å². The molecule has 27 heavy (non-hydrogen) atoms. The first-order valence-corrected chi connectivity index (χ1v) is 9.97. The van der Waals surface area contributed by atoms with Crippen molar-refractivity contribution in [3.05, 3.63) is 12.8 Å². The van der Waals surface area contributed by atoms with Gasteiger partial charge in [0.05, 0.1) is 6.61 Å². The Hall–Kier alpha value is -0.780. The molecular formula is C18H36O9. The summed E-state index contributed by atoms with van der Waals surface area (Å²) in [6, 6.07) is 0. The lowest BCUT2D eigenvalue weighted by molar-refractivity contribution is -0.829. The van der Waals surface area contributed by atoms with Crippen LogP contribution in [0.3, 0.4) is 0 Å². The lowest BCUT2D eigenvalue weighted by Crippen LogP contribution is -2.02. The van der Waals surface area contributed by atoms with Crippen LogP contribution in [0.5, 0.6) is 0 Å². The summed E-state index contributed by atoms with van der Waals surface area (Å²) in [7, 11) is 0. The molecule has 0 aliphatic carbocycles. The van der Waals surface area contributed by atoms with E-state index in [4.69, 9.17) is 4.89 Å². The average Bonchev–Trinajstić information content (AvgIpc) is 2.68. The first-order valence-electron chi connectivity index (χ1n) is 9.97. The number of hydrogen-bond donors (Lipinski definition) is 0. The SMILES string of the molecule is C=COOOOOOOOOCCCCCCCCCCCCCCCC. The molecule has 0 aliphatic rings. The van der Waals surface area contributed by atoms with E-state index in [1.807, 2.05) is 0 Å². The van der Waals surface area contributed by atoms with Crippen LogP contribution in [-0.4, -0.2) is 6.61 Å². The highest BCUT2D eigenvalue weighted by molar-refractivity contribution is 4.49. The zero-order valence-electron chi connectivity index (χ0n) is 16.6. The Bertz CT molecular complexity index is 280. The molecule has 0 aliphatic heterocycles. The highest BCUT2D eigenvalue weighted by atomic mass is 17.9. The number of unbranched alkanes of at least 4 members (excludes halogenated alkanes) is 13. The maximum absolute atomic E-state index is 4.69. The zero-order chi connectivity index (χ0) is 19.7. The molecular weight excluding hydrogens is 360 g/mol. The molecule has 0 amide bonds. The Kier molecular flexibility index (Phi) is 24.5. The van der Waals surface area contributed by atoms with Crippen LogP contribution >= 0.6 is 0 Å². The third-order valence-electron chi connectivity index (χ3n) is 3.90. The summed E-state index contributed by atoms with van der Waals surface area (Å²) < 4.78 is 0. The minimum absolute atomic E-state index is 0.384. The topological polar surface area (TPSA) is 83.1 Å². The fraction of sp³-hybridized carbons (Fsp3) is 0.889. The van der Waals surface area contributed by atoms with Crippen molar-refractivity contribution >= 4 is 0 Å². The first-order chi connectivity index (χ1) is 13.4. The smallest absolute Gasteiger partial charge is 0.125 e. The molecule has 0 aromatic carbocycles. The zero-order valence-corrected chi connectivity index (χ0v) is 16.6. The van der Waals surface area contributed by atoms with Crippen molar-refractivity contribution in [3.8, 4) is 0 Å². The number of hydrogen-bond acceptors (Lipinski definition) is 9. The summed E-state index contributed by atoms with van der Waals surface area (Å²) in [5, 5.41) is 27.3. The molecule has 0 bridgehead atoms. The Balaban J connectivity index is 2.96. The summed E-state index contributed by atoms with van der Waals surface area (Å²) in [5.41, 5.74) is 0. The molecule has 0 saturated heterocycles. The summed E-state index contributed by atoms with van der Waals surface area (Å²) in [5.74, 6) is 0. The van der Waals surface area contributed by atoms with Gasteiger partial charge in [-0.3, -0.25) is 0 Å². The maximum Gasteiger partial charge on any atom is 0.125 e. The normalized spacial score (nSPS) is 11.0.